The second kappa shape index (κ2) is 11.2. The van der Waals surface area contributed by atoms with Crippen LogP contribution in [0.2, 0.25) is 0 Å². The normalized spacial score (nSPS) is 15.5. The summed E-state index contributed by atoms with van der Waals surface area (Å²) >= 11 is 0. The summed E-state index contributed by atoms with van der Waals surface area (Å²) in [6, 6.07) is 0. The van der Waals surface area contributed by atoms with Gasteiger partial charge < -0.3 is 25.5 Å². The topological polar surface area (TPSA) is 193 Å². The van der Waals surface area contributed by atoms with Gasteiger partial charge in [0, 0.05) is 0 Å². The molecule has 0 amide bonds. The van der Waals surface area contributed by atoms with E-state index in [0.717, 1.165) is 0 Å². The van der Waals surface area contributed by atoms with Crippen LogP contribution in [0.4, 0.5) is 0 Å². The molecule has 0 spiro atoms. The average Bonchev–Trinajstić information content (AvgIpc) is 2.22. The third kappa shape index (κ3) is 14.4. The zero-order chi connectivity index (χ0) is 14.2. The summed E-state index contributed by atoms with van der Waals surface area (Å²) < 4.78 is 31.6. The van der Waals surface area contributed by atoms with Gasteiger partial charge in [-0.1, -0.05) is 0 Å². The number of aliphatic hydroxyl groups excluding tert-OH is 5. The van der Waals surface area contributed by atoms with Gasteiger partial charge in [-0.25, -0.2) is 0 Å². The summed E-state index contributed by atoms with van der Waals surface area (Å²) in [4.78, 5) is 10.5. The zero-order valence-corrected chi connectivity index (χ0v) is 9.23. The molecule has 0 aliphatic carbocycles. The Balaban J connectivity index is -0.000000321. The van der Waals surface area contributed by atoms with Crippen molar-refractivity contribution in [1.82, 2.24) is 0 Å². The summed E-state index contributed by atoms with van der Waals surface area (Å²) in [6.45, 7) is -1.69. The van der Waals surface area contributed by atoms with E-state index in [-0.39, 0.29) is 29.6 Å². The third-order valence-corrected chi connectivity index (χ3v) is 1.39. The van der Waals surface area contributed by atoms with E-state index in [1.165, 1.54) is 0 Å². The number of ketones is 1. The van der Waals surface area contributed by atoms with Crippen LogP contribution in [-0.4, -0.2) is 110 Å². The number of Topliss-reactive ketones (excluding diaryl/α,β-unsaturated/α-hetero) is 1. The molecular formula is C6H15NaO10S. The van der Waals surface area contributed by atoms with Gasteiger partial charge in [0.05, 0.1) is 6.61 Å². The van der Waals surface area contributed by atoms with Gasteiger partial charge in [0.25, 0.3) is 0 Å². The molecule has 0 fully saturated rings. The van der Waals surface area contributed by atoms with E-state index < -0.39 is 47.7 Å². The first kappa shape index (κ1) is 23.4. The minimum atomic E-state index is -4.67. The Hall–Kier alpha value is 0.340. The van der Waals surface area contributed by atoms with Crippen LogP contribution >= 0.6 is 0 Å². The van der Waals surface area contributed by atoms with Crippen LogP contribution in [0.1, 0.15) is 0 Å². The summed E-state index contributed by atoms with van der Waals surface area (Å²) in [7, 11) is -4.67. The fourth-order valence-corrected chi connectivity index (χ4v) is 0.602. The van der Waals surface area contributed by atoms with E-state index in [4.69, 9.17) is 43.1 Å². The van der Waals surface area contributed by atoms with Crippen molar-refractivity contribution in [2.75, 3.05) is 13.2 Å². The van der Waals surface area contributed by atoms with E-state index in [2.05, 4.69) is 0 Å². The number of carbonyl (C=O) groups excluding carboxylic acids is 1. The van der Waals surface area contributed by atoms with Crippen molar-refractivity contribution in [3.05, 3.63) is 0 Å². The van der Waals surface area contributed by atoms with Crippen LogP contribution in [0.3, 0.4) is 0 Å². The van der Waals surface area contributed by atoms with Crippen molar-refractivity contribution in [3.63, 3.8) is 0 Å². The third-order valence-electron chi connectivity index (χ3n) is 1.39. The first-order chi connectivity index (χ1) is 7.54. The molecule has 0 rings (SSSR count). The maximum absolute atomic E-state index is 10.5. The van der Waals surface area contributed by atoms with E-state index in [9.17, 15) is 4.79 Å². The van der Waals surface area contributed by atoms with Crippen LogP contribution in [0.15, 0.2) is 0 Å². The molecule has 0 aromatic rings. The predicted octanol–water partition coefficient (Wildman–Crippen LogP) is -4.68. The molecule has 106 valence electrons. The molecule has 0 aromatic carbocycles. The SMILES string of the molecule is O=C(CO)[C@H](O)[C@@H](O)[C@H](O)CO.O=S(=O)(O)O.[NaH]. The molecule has 12 heteroatoms. The van der Waals surface area contributed by atoms with Gasteiger partial charge in [0.2, 0.25) is 0 Å². The molecular weight excluding hydrogens is 287 g/mol. The molecule has 0 aliphatic heterocycles. The standard InChI is InChI=1S/C6H12O6.Na.H2O4S.H/c7-1-3(9)5(11)6(12)4(10)2-8;;1-5(2,3)4;/h3,5-9,11-12H,1-2H2;;(H2,1,2,3,4);/t3-,5+,6+;;;/m1.../s1. The van der Waals surface area contributed by atoms with Crippen molar-refractivity contribution in [2.45, 2.75) is 18.3 Å². The van der Waals surface area contributed by atoms with E-state index in [1.54, 1.807) is 0 Å². The average molecular weight is 302 g/mol. The molecule has 0 saturated heterocycles. The molecule has 7 N–H and O–H groups in total. The summed E-state index contributed by atoms with van der Waals surface area (Å²) in [5, 5.41) is 43.1. The summed E-state index contributed by atoms with van der Waals surface area (Å²) in [5.41, 5.74) is 0. The fraction of sp³-hybridized carbons (Fsp3) is 0.833. The van der Waals surface area contributed by atoms with Crippen LogP contribution < -0.4 is 0 Å². The van der Waals surface area contributed by atoms with Gasteiger partial charge in [-0.15, -0.1) is 0 Å². The van der Waals surface area contributed by atoms with Crippen LogP contribution in [0.25, 0.3) is 0 Å². The van der Waals surface area contributed by atoms with E-state index in [1.807, 2.05) is 0 Å². The Morgan fingerprint density at radius 1 is 1.06 bits per heavy atom. The fourth-order valence-electron chi connectivity index (χ4n) is 0.602. The molecule has 0 aliphatic rings. The Kier molecular flexibility index (Phi) is 14.6. The van der Waals surface area contributed by atoms with E-state index >= 15 is 0 Å². The number of carbonyl (C=O) groups is 1. The molecule has 0 aromatic heterocycles. The molecule has 18 heavy (non-hydrogen) atoms. The number of hydrogen-bond donors (Lipinski definition) is 7. The van der Waals surface area contributed by atoms with Gasteiger partial charge in [-0.05, 0) is 0 Å². The van der Waals surface area contributed by atoms with Crippen molar-refractivity contribution >= 4 is 45.7 Å². The Morgan fingerprint density at radius 2 is 1.39 bits per heavy atom. The first-order valence-electron chi connectivity index (χ1n) is 4.03. The second-order valence-corrected chi connectivity index (χ2v) is 3.65. The monoisotopic (exact) mass is 302 g/mol. The molecule has 3 atom stereocenters. The van der Waals surface area contributed by atoms with Gasteiger partial charge in [0.1, 0.15) is 24.9 Å². The number of rotatable bonds is 5. The number of aliphatic hydroxyl groups is 5. The van der Waals surface area contributed by atoms with Gasteiger partial charge in [-0.3, -0.25) is 13.9 Å². The van der Waals surface area contributed by atoms with Crippen LogP contribution in [0, 0.1) is 0 Å². The second-order valence-electron chi connectivity index (χ2n) is 2.76. The van der Waals surface area contributed by atoms with Gasteiger partial charge in [0.15, 0.2) is 5.78 Å². The predicted molar refractivity (Wildman–Crippen MR) is 58.5 cm³/mol. The van der Waals surface area contributed by atoms with Gasteiger partial charge >= 0.3 is 40.0 Å². The molecule has 0 heterocycles. The van der Waals surface area contributed by atoms with Crippen LogP contribution in [0.5, 0.6) is 0 Å². The van der Waals surface area contributed by atoms with Crippen LogP contribution in [-0.2, 0) is 15.2 Å². The summed E-state index contributed by atoms with van der Waals surface area (Å²) in [6.07, 6.45) is -5.22. The zero-order valence-electron chi connectivity index (χ0n) is 8.41. The van der Waals surface area contributed by atoms with Crippen molar-refractivity contribution in [3.8, 4) is 0 Å². The maximum atomic E-state index is 10.5. The molecule has 0 unspecified atom stereocenters. The Labute approximate surface area is 125 Å². The Morgan fingerprint density at radius 3 is 1.61 bits per heavy atom. The van der Waals surface area contributed by atoms with Crippen molar-refractivity contribution in [2.24, 2.45) is 0 Å². The van der Waals surface area contributed by atoms with Gasteiger partial charge in [-0.2, -0.15) is 8.42 Å². The Bertz CT molecular complexity index is 308. The van der Waals surface area contributed by atoms with Crippen molar-refractivity contribution in [1.29, 1.82) is 0 Å². The molecule has 0 saturated carbocycles. The molecule has 0 radical (unpaired) electrons. The number of hydrogen-bond acceptors (Lipinski definition) is 8. The van der Waals surface area contributed by atoms with E-state index in [0.29, 0.717) is 0 Å². The quantitative estimate of drug-likeness (QED) is 0.192. The van der Waals surface area contributed by atoms with Crippen molar-refractivity contribution < 1.29 is 47.9 Å². The first-order valence-corrected chi connectivity index (χ1v) is 5.42. The summed E-state index contributed by atoms with van der Waals surface area (Å²) in [5.74, 6) is -1.00. The minimum absolute atomic E-state index is 0. The molecule has 10 nitrogen and oxygen atoms in total. The molecule has 0 bridgehead atoms.